The molecule has 27 heteroatoms. The van der Waals surface area contributed by atoms with Gasteiger partial charge < -0.3 is 62.4 Å². The van der Waals surface area contributed by atoms with E-state index >= 15 is 0 Å². The minimum Gasteiger partial charge on any atom is -1.00 e. The number of esters is 2. The first-order valence-electron chi connectivity index (χ1n) is 25.1. The molecule has 82 heavy (non-hydrogen) atoms. The Labute approximate surface area is 526 Å². The van der Waals surface area contributed by atoms with Crippen molar-refractivity contribution in [2.45, 2.75) is 113 Å². The van der Waals surface area contributed by atoms with Gasteiger partial charge in [-0.2, -0.15) is 10.4 Å². The number of nitrogens with zero attached hydrogens (tertiary/aromatic N) is 10. The minimum absolute atomic E-state index is 0. The van der Waals surface area contributed by atoms with Gasteiger partial charge in [0.25, 0.3) is 0 Å². The number of halogens is 4. The summed E-state index contributed by atoms with van der Waals surface area (Å²) in [5.41, 5.74) is 7.60. The fourth-order valence-corrected chi connectivity index (χ4v) is 8.48. The second-order valence-corrected chi connectivity index (χ2v) is 18.6. The zero-order valence-corrected chi connectivity index (χ0v) is 50.5. The first kappa shape index (κ1) is 69.6. The Balaban J connectivity index is 0.000000410. The van der Waals surface area contributed by atoms with Crippen LogP contribution in [0.25, 0.3) is 45.0 Å². The summed E-state index contributed by atoms with van der Waals surface area (Å²) in [4.78, 5) is 57.9. The number of H-pyrrole nitrogens is 2. The van der Waals surface area contributed by atoms with Crippen molar-refractivity contribution in [2.75, 3.05) is 13.6 Å². The van der Waals surface area contributed by atoms with Crippen LogP contribution in [0.1, 0.15) is 118 Å². The van der Waals surface area contributed by atoms with Crippen LogP contribution < -0.4 is 24.8 Å². The number of ether oxygens (including phenoxy) is 6. The van der Waals surface area contributed by atoms with Gasteiger partial charge in [0, 0.05) is 37.1 Å². The molecule has 8 rings (SSSR count). The van der Waals surface area contributed by atoms with Crippen LogP contribution in [-0.2, 0) is 54.4 Å². The van der Waals surface area contributed by atoms with E-state index in [9.17, 15) is 19.2 Å². The Hall–Kier alpha value is -6.66. The van der Waals surface area contributed by atoms with E-state index in [1.807, 2.05) is 97.1 Å². The molecule has 432 valence electrons. The van der Waals surface area contributed by atoms with Gasteiger partial charge in [0.1, 0.15) is 11.6 Å². The first-order valence-corrected chi connectivity index (χ1v) is 25.8. The maximum atomic E-state index is 12.9. The van der Waals surface area contributed by atoms with Crippen LogP contribution in [0.2, 0.25) is 10.3 Å². The normalized spacial score (nSPS) is 10.5. The van der Waals surface area contributed by atoms with Crippen LogP contribution in [0.5, 0.6) is 0 Å². The molecule has 0 amide bonds. The number of aromatic nitrogens is 12. The van der Waals surface area contributed by atoms with E-state index in [0.717, 1.165) is 70.2 Å². The molecule has 0 spiro atoms. The molecule has 0 aliphatic carbocycles. The van der Waals surface area contributed by atoms with E-state index < -0.39 is 37.8 Å². The van der Waals surface area contributed by atoms with Crippen molar-refractivity contribution < 1.29 is 72.4 Å². The maximum Gasteiger partial charge on any atom is 2.00 e. The van der Waals surface area contributed by atoms with Crippen LogP contribution in [0.3, 0.4) is 0 Å². The van der Waals surface area contributed by atoms with Crippen molar-refractivity contribution in [3.63, 3.8) is 0 Å². The molecular weight excluding hydrogens is 1170 g/mol. The number of benzene rings is 4. The molecule has 0 bridgehead atoms. The standard InChI is InChI=1S/2C27H29ClN6O5.CH4.Ca.2ClH/c2*1-4-5-10-22-29-24(28)23(26(35)37-16-38-27(36)39-17(2)3)34(22)15-18-11-13-19(14-12-18)20-8-6-7-9-21(20)25-30-32-33-31-25;;;;/h2*6-9,11-14,17H,4-5,10,15-16H2,1-3H3,(H,30,31,32,33);1H4;;2*1H/q;;;+2;;/p-2. The summed E-state index contributed by atoms with van der Waals surface area (Å²) in [7, 11) is 0. The van der Waals surface area contributed by atoms with Gasteiger partial charge >= 0.3 is 62.0 Å². The second-order valence-electron chi connectivity index (χ2n) is 17.9. The molecule has 0 atom stereocenters. The Kier molecular flexibility index (Phi) is 29.5. The van der Waals surface area contributed by atoms with Crippen LogP contribution in [0.4, 0.5) is 9.59 Å². The molecule has 22 nitrogen and oxygen atoms in total. The average Bonchev–Trinajstić information content (AvgIpc) is 4.27. The van der Waals surface area contributed by atoms with Crippen molar-refractivity contribution in [2.24, 2.45) is 0 Å². The maximum absolute atomic E-state index is 12.9. The van der Waals surface area contributed by atoms with E-state index in [2.05, 4.69) is 65.1 Å². The Bertz CT molecular complexity index is 3040. The predicted octanol–water partition coefficient (Wildman–Crippen LogP) is 5.16. The second kappa shape index (κ2) is 34.7. The third kappa shape index (κ3) is 19.2. The van der Waals surface area contributed by atoms with Gasteiger partial charge in [-0.1, -0.05) is 154 Å². The average molecular weight is 1230 g/mol. The molecule has 0 aliphatic heterocycles. The molecule has 0 unspecified atom stereocenters. The van der Waals surface area contributed by atoms with E-state index in [4.69, 9.17) is 51.6 Å². The van der Waals surface area contributed by atoms with E-state index in [0.29, 0.717) is 49.2 Å². The Morgan fingerprint density at radius 2 is 0.890 bits per heavy atom. The zero-order valence-electron chi connectivity index (χ0n) is 45.2. The number of hydrogen-bond donors (Lipinski definition) is 2. The molecule has 0 fully saturated rings. The number of imidazole rings is 2. The van der Waals surface area contributed by atoms with Gasteiger partial charge in [-0.05, 0) is 84.3 Å². The smallest absolute Gasteiger partial charge is 1.00 e. The summed E-state index contributed by atoms with van der Waals surface area (Å²) in [5.74, 6) is 0.846. The number of tetrazole rings is 2. The minimum atomic E-state index is -0.929. The quantitative estimate of drug-likeness (QED) is 0.0384. The fourth-order valence-electron chi connectivity index (χ4n) is 7.92. The summed E-state index contributed by atoms with van der Waals surface area (Å²) in [5, 5.41) is 28.8. The van der Waals surface area contributed by atoms with Crippen molar-refractivity contribution >= 4 is 85.2 Å². The number of nitrogens with one attached hydrogen (secondary N) is 2. The predicted molar refractivity (Wildman–Crippen MR) is 298 cm³/mol. The monoisotopic (exact) mass is 1230 g/mol. The van der Waals surface area contributed by atoms with Gasteiger partial charge in [0.15, 0.2) is 21.7 Å². The number of aryl methyl sites for hydroxylation is 2. The van der Waals surface area contributed by atoms with E-state index in [1.54, 1.807) is 36.8 Å². The van der Waals surface area contributed by atoms with E-state index in [1.165, 1.54) is 0 Å². The van der Waals surface area contributed by atoms with Gasteiger partial charge in [-0.3, -0.25) is 0 Å². The van der Waals surface area contributed by atoms with Gasteiger partial charge in [0.05, 0.1) is 12.2 Å². The summed E-state index contributed by atoms with van der Waals surface area (Å²) >= 11 is 12.8. The van der Waals surface area contributed by atoms with E-state index in [-0.39, 0.29) is 104 Å². The number of carbonyl (C=O) groups is 4. The molecule has 4 aromatic carbocycles. The number of aromatic amines is 2. The summed E-state index contributed by atoms with van der Waals surface area (Å²) in [6.45, 7) is 10.3. The van der Waals surface area contributed by atoms with Crippen molar-refractivity contribution in [1.29, 1.82) is 0 Å². The summed E-state index contributed by atoms with van der Waals surface area (Å²) in [6.07, 6.45) is 2.34. The molecule has 0 saturated carbocycles. The summed E-state index contributed by atoms with van der Waals surface area (Å²) in [6, 6.07) is 31.4. The third-order valence-corrected chi connectivity index (χ3v) is 12.1. The fraction of sp³-hybridized carbons (Fsp3) is 0.345. The largest absolute Gasteiger partial charge is 2.00 e. The molecule has 0 radical (unpaired) electrons. The van der Waals surface area contributed by atoms with Gasteiger partial charge in [0.2, 0.25) is 25.2 Å². The third-order valence-electron chi connectivity index (χ3n) is 11.5. The van der Waals surface area contributed by atoms with Crippen LogP contribution in [0.15, 0.2) is 97.1 Å². The molecule has 4 aromatic heterocycles. The van der Waals surface area contributed by atoms with Gasteiger partial charge in [-0.15, -0.1) is 20.4 Å². The molecule has 4 heterocycles. The van der Waals surface area contributed by atoms with Crippen molar-refractivity contribution in [3.8, 4) is 45.0 Å². The number of rotatable bonds is 22. The number of carbonyl (C=O) groups excluding carboxylic acids is 4. The molecule has 2 N–H and O–H groups in total. The number of hydrogen-bond acceptors (Lipinski definition) is 18. The van der Waals surface area contributed by atoms with Crippen molar-refractivity contribution in [3.05, 3.63) is 142 Å². The van der Waals surface area contributed by atoms with Crippen molar-refractivity contribution in [1.82, 2.24) is 60.4 Å². The zero-order chi connectivity index (χ0) is 55.6. The molecule has 8 aromatic rings. The molecule has 0 aliphatic rings. The number of unbranched alkanes of at least 4 members (excludes halogenated alkanes) is 2. The SMILES string of the molecule is C.CCCCc1nc(Cl)c(C(=O)OCOC(=O)OC(C)C)n1Cc1ccc(-c2ccccc2-c2nn[nH]n2)cc1.CCCCc1nc(Cl)c(C(=O)OCOC(=O)OC(C)C)n1Cc1ccc(-c2ccccc2-c2nn[nH]n2)cc1.[Ca+2].[Cl-].[Cl-]. The summed E-state index contributed by atoms with van der Waals surface area (Å²) < 4.78 is 33.2. The van der Waals surface area contributed by atoms with Crippen LogP contribution >= 0.6 is 23.2 Å². The van der Waals surface area contributed by atoms with Crippen LogP contribution in [0, 0.1) is 0 Å². The molecule has 0 saturated heterocycles. The Morgan fingerprint density at radius 1 is 0.537 bits per heavy atom. The first-order chi connectivity index (χ1) is 37.7. The molecular formula is C55H62CaCl4N12O10. The topological polar surface area (TPSA) is 268 Å². The van der Waals surface area contributed by atoms with Crippen LogP contribution in [-0.4, -0.2) is 148 Å². The van der Waals surface area contributed by atoms with Gasteiger partial charge in [-0.25, -0.2) is 29.1 Å². The Morgan fingerprint density at radius 3 is 1.21 bits per heavy atom.